The number of nitrogens with zero attached hydrogens (tertiary/aromatic N) is 2. The predicted octanol–water partition coefficient (Wildman–Crippen LogP) is -0.949. The van der Waals surface area contributed by atoms with Crippen LogP contribution in [0.25, 0.3) is 0 Å². The third-order valence-corrected chi connectivity index (χ3v) is 8.13. The van der Waals surface area contributed by atoms with Crippen molar-refractivity contribution in [3.8, 4) is 0 Å². The van der Waals surface area contributed by atoms with Crippen molar-refractivity contribution in [1.82, 2.24) is 0 Å². The molecule has 13 heteroatoms. The normalized spacial score (nSPS) is 11.4. The number of hydrogen-bond donors (Lipinski definition) is 0. The quantitative estimate of drug-likeness (QED) is 0.147. The Kier molecular flexibility index (Phi) is 7.53. The van der Waals surface area contributed by atoms with E-state index in [0.29, 0.717) is 0 Å². The van der Waals surface area contributed by atoms with E-state index < -0.39 is 32.0 Å². The Morgan fingerprint density at radius 2 is 1.10 bits per heavy atom. The predicted molar refractivity (Wildman–Crippen MR) is 107 cm³/mol. The molecular formula is C18H12N2NaO8PS. The maximum Gasteiger partial charge on any atom is 1.00 e. The average Bonchev–Trinajstić information content (AvgIpc) is 2.72. The summed E-state index contributed by atoms with van der Waals surface area (Å²) in [7, 11) is -8.90. The molecule has 31 heavy (non-hydrogen) atoms. The van der Waals surface area contributed by atoms with Crippen molar-refractivity contribution < 1.29 is 56.9 Å². The molecule has 0 saturated heterocycles. The van der Waals surface area contributed by atoms with Crippen LogP contribution < -0.4 is 45.5 Å². The van der Waals surface area contributed by atoms with Crippen molar-refractivity contribution in [2.24, 2.45) is 0 Å². The maximum atomic E-state index is 14.3. The summed E-state index contributed by atoms with van der Waals surface area (Å²) in [5, 5.41) is 22.2. The van der Waals surface area contributed by atoms with E-state index in [-0.39, 0.29) is 56.8 Å². The fraction of sp³-hybridized carbons (Fsp3) is 0. The first kappa shape index (κ1) is 24.9. The van der Waals surface area contributed by atoms with Crippen molar-refractivity contribution >= 4 is 44.5 Å². The summed E-state index contributed by atoms with van der Waals surface area (Å²) in [6.45, 7) is 0. The maximum absolute atomic E-state index is 14.3. The molecule has 0 fully saturated rings. The molecule has 3 rings (SSSR count). The van der Waals surface area contributed by atoms with Crippen molar-refractivity contribution in [2.75, 3.05) is 0 Å². The van der Waals surface area contributed by atoms with Gasteiger partial charge in [0.2, 0.25) is 0 Å². The monoisotopic (exact) mass is 470 g/mol. The standard InChI is InChI=1S/C18H13N2O8PS.Na/c21-19(22)13-4-1-6-15(10-13)29(25,16-7-2-5-14(11-16)20(23)24)17-8-3-9-18(12-17)30(26,27)28;/h1-12H,(H,26,27,28);/q;+1/p-1. The smallest absolute Gasteiger partial charge is 0.744 e. The Hall–Kier alpha value is -2.40. The molecule has 0 unspecified atom stereocenters. The van der Waals surface area contributed by atoms with Gasteiger partial charge in [0.25, 0.3) is 11.4 Å². The molecule has 0 atom stereocenters. The van der Waals surface area contributed by atoms with E-state index in [0.717, 1.165) is 24.3 Å². The third-order valence-electron chi connectivity index (χ3n) is 4.28. The van der Waals surface area contributed by atoms with Crippen LogP contribution in [0.3, 0.4) is 0 Å². The van der Waals surface area contributed by atoms with Gasteiger partial charge in [-0.25, -0.2) is 8.42 Å². The fourth-order valence-corrected chi connectivity index (χ4v) is 6.22. The van der Waals surface area contributed by atoms with E-state index in [1.54, 1.807) is 0 Å². The summed E-state index contributed by atoms with van der Waals surface area (Å²) >= 11 is 0. The minimum Gasteiger partial charge on any atom is -0.744 e. The summed E-state index contributed by atoms with van der Waals surface area (Å²) in [4.78, 5) is 20.3. The van der Waals surface area contributed by atoms with Crippen LogP contribution in [0.15, 0.2) is 77.7 Å². The molecule has 0 heterocycles. The Morgan fingerprint density at radius 1 is 0.710 bits per heavy atom. The van der Waals surface area contributed by atoms with E-state index in [1.165, 1.54) is 48.5 Å². The van der Waals surface area contributed by atoms with Gasteiger partial charge in [0.1, 0.15) is 10.1 Å². The second kappa shape index (κ2) is 9.39. The van der Waals surface area contributed by atoms with Crippen LogP contribution in [-0.2, 0) is 14.7 Å². The van der Waals surface area contributed by atoms with Gasteiger partial charge in [-0.15, -0.1) is 0 Å². The van der Waals surface area contributed by atoms with Crippen LogP contribution in [0.5, 0.6) is 0 Å². The molecule has 3 aromatic carbocycles. The molecule has 0 spiro atoms. The molecule has 10 nitrogen and oxygen atoms in total. The minimum absolute atomic E-state index is 0. The van der Waals surface area contributed by atoms with Gasteiger partial charge in [0.15, 0.2) is 7.14 Å². The molecule has 0 amide bonds. The van der Waals surface area contributed by atoms with Crippen molar-refractivity contribution in [3.63, 3.8) is 0 Å². The Labute approximate surface area is 198 Å². The zero-order valence-corrected chi connectivity index (χ0v) is 19.7. The van der Waals surface area contributed by atoms with E-state index in [9.17, 15) is 37.8 Å². The van der Waals surface area contributed by atoms with Gasteiger partial charge in [-0.2, -0.15) is 0 Å². The summed E-state index contributed by atoms with van der Waals surface area (Å²) in [5.74, 6) is 0. The van der Waals surface area contributed by atoms with E-state index >= 15 is 0 Å². The van der Waals surface area contributed by atoms with Gasteiger partial charge in [-0.1, -0.05) is 36.4 Å². The molecule has 0 aliphatic heterocycles. The van der Waals surface area contributed by atoms with Gasteiger partial charge in [0.05, 0.1) is 14.7 Å². The van der Waals surface area contributed by atoms with Gasteiger partial charge < -0.3 is 9.12 Å². The van der Waals surface area contributed by atoms with Crippen LogP contribution in [0.2, 0.25) is 0 Å². The van der Waals surface area contributed by atoms with Gasteiger partial charge in [-0.05, 0) is 12.1 Å². The van der Waals surface area contributed by atoms with Crippen LogP contribution in [-0.4, -0.2) is 22.8 Å². The summed E-state index contributed by atoms with van der Waals surface area (Å²) in [5.41, 5.74) is -0.739. The van der Waals surface area contributed by atoms with E-state index in [2.05, 4.69) is 0 Å². The molecular weight excluding hydrogens is 458 g/mol. The third kappa shape index (κ3) is 5.09. The number of rotatable bonds is 6. The molecule has 0 aliphatic carbocycles. The number of hydrogen-bond acceptors (Lipinski definition) is 8. The topological polar surface area (TPSA) is 161 Å². The van der Waals surface area contributed by atoms with Crippen LogP contribution in [0, 0.1) is 20.2 Å². The van der Waals surface area contributed by atoms with Crippen molar-refractivity contribution in [1.29, 1.82) is 0 Å². The van der Waals surface area contributed by atoms with Crippen molar-refractivity contribution in [3.05, 3.63) is 93.0 Å². The minimum atomic E-state index is -4.88. The summed E-state index contributed by atoms with van der Waals surface area (Å²) < 4.78 is 48.6. The first-order chi connectivity index (χ1) is 14.0. The first-order valence-corrected chi connectivity index (χ1v) is 11.3. The molecule has 0 aliphatic rings. The second-order valence-electron chi connectivity index (χ2n) is 6.11. The zero-order valence-electron chi connectivity index (χ0n) is 15.9. The van der Waals surface area contributed by atoms with Gasteiger partial charge in [-0.3, -0.25) is 20.2 Å². The number of benzene rings is 3. The van der Waals surface area contributed by atoms with Crippen LogP contribution >= 0.6 is 7.14 Å². The Morgan fingerprint density at radius 3 is 1.48 bits per heavy atom. The largest absolute Gasteiger partial charge is 1.00 e. The second-order valence-corrected chi connectivity index (χ2v) is 10.3. The number of non-ortho nitro benzene ring substituents is 2. The molecule has 0 saturated carbocycles. The average molecular weight is 470 g/mol. The molecule has 0 bridgehead atoms. The molecule has 0 radical (unpaired) electrons. The molecule has 154 valence electrons. The summed E-state index contributed by atoms with van der Waals surface area (Å²) in [6, 6.07) is 14.2. The van der Waals surface area contributed by atoms with Gasteiger partial charge >= 0.3 is 29.6 Å². The zero-order chi connectivity index (χ0) is 22.1. The number of nitro groups is 2. The van der Waals surface area contributed by atoms with Crippen LogP contribution in [0.1, 0.15) is 0 Å². The molecule has 0 N–H and O–H groups in total. The molecule has 3 aromatic rings. The fourth-order valence-electron chi connectivity index (χ4n) is 2.89. The molecule has 0 aromatic heterocycles. The van der Waals surface area contributed by atoms with Crippen LogP contribution in [0.4, 0.5) is 11.4 Å². The number of nitro benzene ring substituents is 2. The summed E-state index contributed by atoms with van der Waals surface area (Å²) in [6.07, 6.45) is 0. The van der Waals surface area contributed by atoms with Crippen molar-refractivity contribution in [2.45, 2.75) is 4.90 Å². The van der Waals surface area contributed by atoms with E-state index in [4.69, 9.17) is 0 Å². The SMILES string of the molecule is O=[N+]([O-])c1cccc(P(=O)(c2cccc([N+](=O)[O-])c2)c2cccc(S(=O)(=O)[O-])c2)c1.[Na+]. The Balaban J connectivity index is 0.00000341. The first-order valence-electron chi connectivity index (χ1n) is 8.20. The van der Waals surface area contributed by atoms with E-state index in [1.807, 2.05) is 0 Å². The Bertz CT molecular complexity index is 1270. The van der Waals surface area contributed by atoms with Gasteiger partial charge in [0, 0.05) is 40.2 Å².